The van der Waals surface area contributed by atoms with E-state index in [-0.39, 0.29) is 0 Å². The number of rotatable bonds is 4. The van der Waals surface area contributed by atoms with Gasteiger partial charge in [-0.15, -0.1) is 0 Å². The van der Waals surface area contributed by atoms with Crippen LogP contribution >= 0.6 is 0 Å². The number of hydrogen-bond donors (Lipinski definition) is 1. The second-order valence-electron chi connectivity index (χ2n) is 4.82. The van der Waals surface area contributed by atoms with Crippen LogP contribution in [0, 0.1) is 19.8 Å². The highest BCUT2D eigenvalue weighted by molar-refractivity contribution is 5.34. The van der Waals surface area contributed by atoms with Crippen LogP contribution < -0.4 is 0 Å². The molecule has 0 radical (unpaired) electrons. The summed E-state index contributed by atoms with van der Waals surface area (Å²) < 4.78 is 0. The fourth-order valence-electron chi connectivity index (χ4n) is 2.44. The van der Waals surface area contributed by atoms with E-state index in [1.807, 2.05) is 0 Å². The highest BCUT2D eigenvalue weighted by Crippen LogP contribution is 2.45. The van der Waals surface area contributed by atoms with Crippen LogP contribution in [0.3, 0.4) is 0 Å². The van der Waals surface area contributed by atoms with Gasteiger partial charge in [0.1, 0.15) is 0 Å². The minimum absolute atomic E-state index is 0.314. The predicted octanol–water partition coefficient (Wildman–Crippen LogP) is 3.18. The van der Waals surface area contributed by atoms with E-state index in [0.717, 1.165) is 12.3 Å². The molecular weight excluding hydrogens is 184 g/mol. The molecule has 1 fully saturated rings. The Kier molecular flexibility index (Phi) is 3.11. The molecule has 0 aromatic heterocycles. The molecule has 82 valence electrons. The van der Waals surface area contributed by atoms with Gasteiger partial charge in [-0.2, -0.15) is 0 Å². The van der Waals surface area contributed by atoms with Gasteiger partial charge in [-0.25, -0.2) is 0 Å². The van der Waals surface area contributed by atoms with Crippen LogP contribution in [0.2, 0.25) is 0 Å². The van der Waals surface area contributed by atoms with Crippen LogP contribution in [-0.2, 0) is 0 Å². The summed E-state index contributed by atoms with van der Waals surface area (Å²) in [5.41, 5.74) is 4.18. The second kappa shape index (κ2) is 4.36. The van der Waals surface area contributed by atoms with Gasteiger partial charge in [0.15, 0.2) is 0 Å². The predicted molar refractivity (Wildman–Crippen MR) is 63.1 cm³/mol. The molecule has 1 heteroatoms. The zero-order valence-corrected chi connectivity index (χ0v) is 9.66. The van der Waals surface area contributed by atoms with Gasteiger partial charge in [-0.3, -0.25) is 0 Å². The molecule has 0 aliphatic heterocycles. The van der Waals surface area contributed by atoms with Crippen molar-refractivity contribution in [2.45, 2.75) is 39.0 Å². The molecule has 0 bridgehead atoms. The van der Waals surface area contributed by atoms with E-state index in [4.69, 9.17) is 5.11 Å². The molecular formula is C14H20O. The van der Waals surface area contributed by atoms with Crippen LogP contribution in [0.15, 0.2) is 18.2 Å². The molecule has 0 heterocycles. The first-order valence-electron chi connectivity index (χ1n) is 5.90. The van der Waals surface area contributed by atoms with Gasteiger partial charge in [0.25, 0.3) is 0 Å². The van der Waals surface area contributed by atoms with Gasteiger partial charge in [0.2, 0.25) is 0 Å². The summed E-state index contributed by atoms with van der Waals surface area (Å²) in [5.74, 6) is 1.42. The Labute approximate surface area is 92.1 Å². The third-order valence-electron chi connectivity index (χ3n) is 3.47. The maximum Gasteiger partial charge on any atom is 0.0436 e. The Balaban J connectivity index is 2.27. The van der Waals surface area contributed by atoms with Crippen molar-refractivity contribution in [2.75, 3.05) is 6.61 Å². The molecule has 15 heavy (non-hydrogen) atoms. The highest BCUT2D eigenvalue weighted by atomic mass is 16.3. The topological polar surface area (TPSA) is 20.2 Å². The van der Waals surface area contributed by atoms with E-state index < -0.39 is 0 Å². The fourth-order valence-corrected chi connectivity index (χ4v) is 2.44. The third-order valence-corrected chi connectivity index (χ3v) is 3.47. The van der Waals surface area contributed by atoms with Crippen molar-refractivity contribution >= 4 is 0 Å². The first kappa shape index (κ1) is 10.7. The number of aryl methyl sites for hydroxylation is 2. The minimum Gasteiger partial charge on any atom is -0.396 e. The van der Waals surface area contributed by atoms with Crippen molar-refractivity contribution in [1.82, 2.24) is 0 Å². The lowest BCUT2D eigenvalue weighted by Crippen LogP contribution is -2.06. The SMILES string of the molecule is Cc1ccc(C)c(C(CCO)C2CC2)c1. The zero-order chi connectivity index (χ0) is 10.8. The molecule has 0 spiro atoms. The van der Waals surface area contributed by atoms with Crippen LogP contribution in [0.5, 0.6) is 0 Å². The average molecular weight is 204 g/mol. The Hall–Kier alpha value is -0.820. The maximum absolute atomic E-state index is 9.13. The molecule has 1 unspecified atom stereocenters. The van der Waals surface area contributed by atoms with Crippen LogP contribution in [-0.4, -0.2) is 11.7 Å². The van der Waals surface area contributed by atoms with Crippen LogP contribution in [0.1, 0.15) is 41.9 Å². The van der Waals surface area contributed by atoms with Gasteiger partial charge in [-0.1, -0.05) is 23.8 Å². The van der Waals surface area contributed by atoms with Gasteiger partial charge >= 0.3 is 0 Å². The monoisotopic (exact) mass is 204 g/mol. The Morgan fingerprint density at radius 1 is 1.33 bits per heavy atom. The largest absolute Gasteiger partial charge is 0.396 e. The second-order valence-corrected chi connectivity index (χ2v) is 4.82. The molecule has 0 amide bonds. The molecule has 1 atom stereocenters. The van der Waals surface area contributed by atoms with E-state index in [0.29, 0.717) is 12.5 Å². The molecule has 1 N–H and O–H groups in total. The van der Waals surface area contributed by atoms with E-state index >= 15 is 0 Å². The van der Waals surface area contributed by atoms with Gasteiger partial charge in [0.05, 0.1) is 0 Å². The molecule has 1 aliphatic rings. The molecule has 1 aliphatic carbocycles. The lowest BCUT2D eigenvalue weighted by atomic mass is 9.87. The first-order valence-corrected chi connectivity index (χ1v) is 5.90. The van der Waals surface area contributed by atoms with E-state index in [2.05, 4.69) is 32.0 Å². The van der Waals surface area contributed by atoms with Crippen molar-refractivity contribution in [3.63, 3.8) is 0 Å². The zero-order valence-electron chi connectivity index (χ0n) is 9.66. The standard InChI is InChI=1S/C14H20O/c1-10-3-4-11(2)14(9-10)13(7-8-15)12-5-6-12/h3-4,9,12-13,15H,5-8H2,1-2H3. The van der Waals surface area contributed by atoms with Crippen molar-refractivity contribution in [3.05, 3.63) is 34.9 Å². The first-order chi connectivity index (χ1) is 7.22. The number of aliphatic hydroxyl groups is 1. The van der Waals surface area contributed by atoms with Crippen molar-refractivity contribution in [1.29, 1.82) is 0 Å². The smallest absolute Gasteiger partial charge is 0.0436 e. The molecule has 1 nitrogen and oxygen atoms in total. The average Bonchev–Trinajstić information content (AvgIpc) is 3.02. The summed E-state index contributed by atoms with van der Waals surface area (Å²) in [4.78, 5) is 0. The lowest BCUT2D eigenvalue weighted by Gasteiger charge is -2.18. The Morgan fingerprint density at radius 3 is 2.67 bits per heavy atom. The maximum atomic E-state index is 9.13. The normalized spacial score (nSPS) is 17.8. The summed E-state index contributed by atoms with van der Waals surface area (Å²) >= 11 is 0. The fraction of sp³-hybridized carbons (Fsp3) is 0.571. The van der Waals surface area contributed by atoms with Gasteiger partial charge in [-0.05, 0) is 56.1 Å². The molecule has 1 aromatic carbocycles. The minimum atomic E-state index is 0.314. The van der Waals surface area contributed by atoms with Gasteiger partial charge in [0, 0.05) is 6.61 Å². The molecule has 0 saturated heterocycles. The summed E-state index contributed by atoms with van der Waals surface area (Å²) in [7, 11) is 0. The molecule has 1 aromatic rings. The summed E-state index contributed by atoms with van der Waals surface area (Å²) in [6, 6.07) is 6.67. The van der Waals surface area contributed by atoms with Crippen molar-refractivity contribution in [3.8, 4) is 0 Å². The third kappa shape index (κ3) is 2.40. The van der Waals surface area contributed by atoms with E-state index in [1.165, 1.54) is 29.5 Å². The molecule has 1 saturated carbocycles. The number of hydrogen-bond acceptors (Lipinski definition) is 1. The van der Waals surface area contributed by atoms with Gasteiger partial charge < -0.3 is 5.11 Å². The summed E-state index contributed by atoms with van der Waals surface area (Å²) in [5, 5.41) is 9.13. The summed E-state index contributed by atoms with van der Waals surface area (Å²) in [6.07, 6.45) is 3.62. The summed E-state index contributed by atoms with van der Waals surface area (Å²) in [6.45, 7) is 4.64. The highest BCUT2D eigenvalue weighted by Gasteiger charge is 2.32. The van der Waals surface area contributed by atoms with E-state index in [1.54, 1.807) is 0 Å². The Bertz CT molecular complexity index is 339. The lowest BCUT2D eigenvalue weighted by molar-refractivity contribution is 0.269. The quantitative estimate of drug-likeness (QED) is 0.798. The number of benzene rings is 1. The van der Waals surface area contributed by atoms with Crippen LogP contribution in [0.25, 0.3) is 0 Å². The van der Waals surface area contributed by atoms with E-state index in [9.17, 15) is 0 Å². The molecule has 2 rings (SSSR count). The van der Waals surface area contributed by atoms with Crippen molar-refractivity contribution in [2.24, 2.45) is 5.92 Å². The number of aliphatic hydroxyl groups excluding tert-OH is 1. The Morgan fingerprint density at radius 2 is 2.07 bits per heavy atom. The van der Waals surface area contributed by atoms with Crippen molar-refractivity contribution < 1.29 is 5.11 Å². The van der Waals surface area contributed by atoms with Crippen LogP contribution in [0.4, 0.5) is 0 Å².